The van der Waals surface area contributed by atoms with Crippen LogP contribution in [-0.4, -0.2) is 17.1 Å². The van der Waals surface area contributed by atoms with E-state index in [2.05, 4.69) is 50.2 Å². The molecule has 114 valence electrons. The van der Waals surface area contributed by atoms with Gasteiger partial charge in [0, 0.05) is 24.8 Å². The minimum Gasteiger partial charge on any atom is -0.370 e. The molecule has 0 atom stereocenters. The van der Waals surface area contributed by atoms with Gasteiger partial charge in [0.2, 0.25) is 0 Å². The summed E-state index contributed by atoms with van der Waals surface area (Å²) in [7, 11) is 0. The number of halogens is 1. The summed E-state index contributed by atoms with van der Waals surface area (Å²) in [6.45, 7) is 12.6. The summed E-state index contributed by atoms with van der Waals surface area (Å²) >= 11 is 6.21. The topological polar surface area (TPSA) is 37.0 Å². The van der Waals surface area contributed by atoms with Gasteiger partial charge in [-0.3, -0.25) is 0 Å². The van der Waals surface area contributed by atoms with Crippen LogP contribution in [0.25, 0.3) is 0 Å². The molecule has 0 radical (unpaired) electrons. The number of aromatic nitrogens is 1. The molecule has 0 amide bonds. The maximum absolute atomic E-state index is 6.21. The zero-order chi connectivity index (χ0) is 15.2. The lowest BCUT2D eigenvalue weighted by molar-refractivity contribution is 0.424. The third-order valence-electron chi connectivity index (χ3n) is 3.47. The fourth-order valence-corrected chi connectivity index (χ4v) is 2.07. The van der Waals surface area contributed by atoms with E-state index < -0.39 is 0 Å². The van der Waals surface area contributed by atoms with Crippen molar-refractivity contribution in [2.24, 2.45) is 5.92 Å². The van der Waals surface area contributed by atoms with Crippen LogP contribution >= 0.6 is 11.6 Å². The van der Waals surface area contributed by atoms with Gasteiger partial charge in [0.05, 0.1) is 5.02 Å². The van der Waals surface area contributed by atoms with E-state index in [1.54, 1.807) is 6.20 Å². The van der Waals surface area contributed by atoms with Gasteiger partial charge < -0.3 is 10.6 Å². The van der Waals surface area contributed by atoms with Crippen molar-refractivity contribution >= 4 is 17.4 Å². The second-order valence-electron chi connectivity index (χ2n) is 6.33. The van der Waals surface area contributed by atoms with Crippen molar-refractivity contribution in [3.8, 4) is 0 Å². The van der Waals surface area contributed by atoms with E-state index in [1.165, 1.54) is 12.8 Å². The molecule has 3 nitrogen and oxygen atoms in total. The molecule has 0 unspecified atom stereocenters. The predicted octanol–water partition coefficient (Wildman–Crippen LogP) is 4.47. The number of hydrogen-bond donors (Lipinski definition) is 2. The van der Waals surface area contributed by atoms with Gasteiger partial charge in [-0.1, -0.05) is 38.3 Å². The summed E-state index contributed by atoms with van der Waals surface area (Å²) < 4.78 is 0. The molecule has 20 heavy (non-hydrogen) atoms. The minimum absolute atomic E-state index is 0.0791. The smallest absolute Gasteiger partial charge is 0.126 e. The highest BCUT2D eigenvalue weighted by molar-refractivity contribution is 6.31. The molecule has 1 aromatic heterocycles. The highest BCUT2D eigenvalue weighted by Gasteiger charge is 2.11. The third-order valence-corrected chi connectivity index (χ3v) is 3.81. The quantitative estimate of drug-likeness (QED) is 0.779. The van der Waals surface area contributed by atoms with Crippen LogP contribution in [0.2, 0.25) is 5.02 Å². The van der Waals surface area contributed by atoms with Crippen LogP contribution in [0.5, 0.6) is 0 Å². The summed E-state index contributed by atoms with van der Waals surface area (Å²) in [5.74, 6) is 1.61. The Balaban J connectivity index is 2.66. The Morgan fingerprint density at radius 2 is 1.90 bits per heavy atom. The van der Waals surface area contributed by atoms with Crippen molar-refractivity contribution in [2.75, 3.05) is 11.9 Å². The summed E-state index contributed by atoms with van der Waals surface area (Å²) in [6, 6.07) is 2.05. The molecule has 4 heteroatoms. The van der Waals surface area contributed by atoms with Gasteiger partial charge in [-0.15, -0.1) is 0 Å². The number of pyridine rings is 1. The number of rotatable bonds is 7. The molecule has 0 spiro atoms. The van der Waals surface area contributed by atoms with E-state index >= 15 is 0 Å². The summed E-state index contributed by atoms with van der Waals surface area (Å²) in [6.07, 6.45) is 4.11. The van der Waals surface area contributed by atoms with Crippen LogP contribution in [-0.2, 0) is 6.54 Å². The molecule has 0 saturated carbocycles. The number of hydrogen-bond acceptors (Lipinski definition) is 3. The molecular weight excluding hydrogens is 270 g/mol. The van der Waals surface area contributed by atoms with E-state index in [0.29, 0.717) is 5.92 Å². The van der Waals surface area contributed by atoms with Crippen molar-refractivity contribution in [2.45, 2.75) is 59.5 Å². The van der Waals surface area contributed by atoms with Crippen LogP contribution < -0.4 is 10.6 Å². The maximum Gasteiger partial charge on any atom is 0.126 e. The van der Waals surface area contributed by atoms with Gasteiger partial charge in [-0.25, -0.2) is 4.98 Å². The molecule has 1 aromatic rings. The third kappa shape index (κ3) is 6.10. The normalized spacial score (nSPS) is 11.9. The SMILES string of the molecule is CCC(CC)CNc1cc(CNC(C)(C)C)c(Cl)cn1. The largest absolute Gasteiger partial charge is 0.370 e. The van der Waals surface area contributed by atoms with Crippen molar-refractivity contribution in [1.82, 2.24) is 10.3 Å². The first kappa shape index (κ1) is 17.3. The van der Waals surface area contributed by atoms with Crippen molar-refractivity contribution in [1.29, 1.82) is 0 Å². The van der Waals surface area contributed by atoms with Crippen molar-refractivity contribution in [3.05, 3.63) is 22.8 Å². The summed E-state index contributed by atoms with van der Waals surface area (Å²) in [4.78, 5) is 4.35. The van der Waals surface area contributed by atoms with Crippen LogP contribution in [0.4, 0.5) is 5.82 Å². The molecule has 0 aromatic carbocycles. The van der Waals surface area contributed by atoms with E-state index in [-0.39, 0.29) is 5.54 Å². The standard InChI is InChI=1S/C16H28ClN3/c1-6-12(7-2)9-18-15-8-13(14(17)11-19-15)10-20-16(3,4)5/h8,11-12,20H,6-7,9-10H2,1-5H3,(H,18,19). The summed E-state index contributed by atoms with van der Waals surface area (Å²) in [5, 5.41) is 7.58. The minimum atomic E-state index is 0.0791. The lowest BCUT2D eigenvalue weighted by atomic mass is 10.0. The second-order valence-corrected chi connectivity index (χ2v) is 6.74. The highest BCUT2D eigenvalue weighted by Crippen LogP contribution is 2.19. The molecule has 2 N–H and O–H groups in total. The van der Waals surface area contributed by atoms with E-state index in [1.807, 2.05) is 6.07 Å². The Hall–Kier alpha value is -0.800. The Morgan fingerprint density at radius 3 is 2.45 bits per heavy atom. The van der Waals surface area contributed by atoms with Crippen molar-refractivity contribution in [3.63, 3.8) is 0 Å². The highest BCUT2D eigenvalue weighted by atomic mass is 35.5. The van der Waals surface area contributed by atoms with Crippen LogP contribution in [0.3, 0.4) is 0 Å². The zero-order valence-corrected chi connectivity index (χ0v) is 14.1. The molecule has 0 bridgehead atoms. The maximum atomic E-state index is 6.21. The van der Waals surface area contributed by atoms with Gasteiger partial charge in [0.15, 0.2) is 0 Å². The van der Waals surface area contributed by atoms with E-state index in [4.69, 9.17) is 11.6 Å². The Kier molecular flexibility index (Phi) is 6.77. The summed E-state index contributed by atoms with van der Waals surface area (Å²) in [5.41, 5.74) is 1.17. The van der Waals surface area contributed by atoms with E-state index in [9.17, 15) is 0 Å². The second kappa shape index (κ2) is 7.84. The predicted molar refractivity (Wildman–Crippen MR) is 88.4 cm³/mol. The average molecular weight is 298 g/mol. The average Bonchev–Trinajstić information content (AvgIpc) is 2.39. The lowest BCUT2D eigenvalue weighted by Crippen LogP contribution is -2.35. The fourth-order valence-electron chi connectivity index (χ4n) is 1.90. The number of nitrogens with zero attached hydrogens (tertiary/aromatic N) is 1. The van der Waals surface area contributed by atoms with Gasteiger partial charge in [0.25, 0.3) is 0 Å². The first-order valence-electron chi connectivity index (χ1n) is 7.49. The Morgan fingerprint density at radius 1 is 1.25 bits per heavy atom. The van der Waals surface area contributed by atoms with Gasteiger partial charge in [0.1, 0.15) is 5.82 Å². The molecular formula is C16H28ClN3. The molecule has 0 saturated heterocycles. The molecule has 0 fully saturated rings. The molecule has 1 rings (SSSR count). The Labute approximate surface area is 128 Å². The molecule has 1 heterocycles. The van der Waals surface area contributed by atoms with Gasteiger partial charge in [-0.05, 0) is 38.3 Å². The molecule has 0 aliphatic rings. The first-order valence-corrected chi connectivity index (χ1v) is 7.86. The lowest BCUT2D eigenvalue weighted by Gasteiger charge is -2.21. The molecule has 0 aliphatic carbocycles. The zero-order valence-electron chi connectivity index (χ0n) is 13.4. The number of nitrogens with one attached hydrogen (secondary N) is 2. The van der Waals surface area contributed by atoms with Gasteiger partial charge >= 0.3 is 0 Å². The van der Waals surface area contributed by atoms with Crippen LogP contribution in [0.15, 0.2) is 12.3 Å². The Bertz CT molecular complexity index is 409. The van der Waals surface area contributed by atoms with Crippen molar-refractivity contribution < 1.29 is 0 Å². The van der Waals surface area contributed by atoms with Crippen LogP contribution in [0, 0.1) is 5.92 Å². The van der Waals surface area contributed by atoms with Crippen LogP contribution in [0.1, 0.15) is 53.0 Å². The fraction of sp³-hybridized carbons (Fsp3) is 0.688. The first-order chi connectivity index (χ1) is 9.35. The van der Waals surface area contributed by atoms with Gasteiger partial charge in [-0.2, -0.15) is 0 Å². The monoisotopic (exact) mass is 297 g/mol. The molecule has 0 aliphatic heterocycles. The number of anilines is 1. The van der Waals surface area contributed by atoms with E-state index in [0.717, 1.165) is 29.5 Å².